The summed E-state index contributed by atoms with van der Waals surface area (Å²) in [4.78, 5) is 42.8. The second kappa shape index (κ2) is 5.91. The van der Waals surface area contributed by atoms with Crippen LogP contribution in [-0.2, 0) is 9.59 Å². The van der Waals surface area contributed by atoms with Crippen LogP contribution >= 0.6 is 11.3 Å². The van der Waals surface area contributed by atoms with Gasteiger partial charge in [0.1, 0.15) is 6.04 Å². The van der Waals surface area contributed by atoms with Crippen LogP contribution in [0.1, 0.15) is 16.8 Å². The molecule has 1 rings (SSSR count). The topological polar surface area (TPSA) is 153 Å². The first-order valence-electron chi connectivity index (χ1n) is 4.86. The van der Waals surface area contributed by atoms with Crippen LogP contribution in [0.25, 0.3) is 0 Å². The number of hydrogen-bond acceptors (Lipinski definition) is 6. The fraction of sp³-hybridized carbons (Fsp3) is 0.222. The van der Waals surface area contributed by atoms with Gasteiger partial charge in [-0.15, -0.1) is 0 Å². The lowest BCUT2D eigenvalue weighted by atomic mass is 10.2. The van der Waals surface area contributed by atoms with Crippen LogP contribution in [-0.4, -0.2) is 33.9 Å². The molecule has 0 saturated heterocycles. The van der Waals surface area contributed by atoms with Gasteiger partial charge in [-0.25, -0.2) is 4.79 Å². The molecule has 1 atom stereocenters. The van der Waals surface area contributed by atoms with Crippen molar-refractivity contribution in [2.75, 3.05) is 0 Å². The zero-order valence-electron chi connectivity index (χ0n) is 9.36. The van der Waals surface area contributed by atoms with E-state index < -0.39 is 35.2 Å². The zero-order chi connectivity index (χ0) is 14.6. The van der Waals surface area contributed by atoms with E-state index >= 15 is 0 Å². The van der Waals surface area contributed by atoms with Gasteiger partial charge >= 0.3 is 11.0 Å². The number of hydrogen-bond donors (Lipinski definition) is 3. The summed E-state index contributed by atoms with van der Waals surface area (Å²) in [5.74, 6) is -3.13. The van der Waals surface area contributed by atoms with Crippen LogP contribution in [0.4, 0.5) is 5.00 Å². The third-order valence-corrected chi connectivity index (χ3v) is 2.92. The Hall–Kier alpha value is -2.49. The maximum absolute atomic E-state index is 11.6. The Bertz CT molecular complexity index is 540. The number of nitro groups is 1. The van der Waals surface area contributed by atoms with E-state index in [1.54, 1.807) is 0 Å². The van der Waals surface area contributed by atoms with Crippen LogP contribution in [0.15, 0.2) is 11.4 Å². The molecule has 0 aliphatic carbocycles. The number of thiophene rings is 1. The van der Waals surface area contributed by atoms with Crippen molar-refractivity contribution in [2.24, 2.45) is 5.73 Å². The number of primary amides is 1. The highest BCUT2D eigenvalue weighted by Gasteiger charge is 2.24. The largest absolute Gasteiger partial charge is 0.480 e. The van der Waals surface area contributed by atoms with E-state index in [0.717, 1.165) is 17.4 Å². The molecule has 0 aliphatic heterocycles. The molecule has 10 heteroatoms. The van der Waals surface area contributed by atoms with Crippen LogP contribution in [0.3, 0.4) is 0 Å². The lowest BCUT2D eigenvalue weighted by molar-refractivity contribution is -0.380. The van der Waals surface area contributed by atoms with Crippen LogP contribution in [0, 0.1) is 10.1 Å². The number of aliphatic carboxylic acids is 1. The number of carboxylic acids is 1. The van der Waals surface area contributed by atoms with Gasteiger partial charge in [0, 0.05) is 11.4 Å². The predicted octanol–water partition coefficient (Wildman–Crippen LogP) is -0.285. The molecule has 0 spiro atoms. The lowest BCUT2D eigenvalue weighted by Crippen LogP contribution is -2.43. The number of nitrogens with two attached hydrogens (primary N) is 1. The normalized spacial score (nSPS) is 11.6. The minimum absolute atomic E-state index is 0.0487. The first-order chi connectivity index (χ1) is 8.81. The molecule has 1 unspecified atom stereocenters. The Morgan fingerprint density at radius 2 is 2.16 bits per heavy atom. The molecule has 4 N–H and O–H groups in total. The van der Waals surface area contributed by atoms with E-state index in [9.17, 15) is 24.5 Å². The van der Waals surface area contributed by atoms with Gasteiger partial charge in [-0.05, 0) is 0 Å². The summed E-state index contributed by atoms with van der Waals surface area (Å²) in [6, 6.07) is -0.452. The third-order valence-electron chi connectivity index (χ3n) is 2.04. The van der Waals surface area contributed by atoms with Crippen LogP contribution in [0.5, 0.6) is 0 Å². The molecule has 1 aromatic heterocycles. The van der Waals surface area contributed by atoms with E-state index in [4.69, 9.17) is 10.8 Å². The molecule has 1 heterocycles. The quantitative estimate of drug-likeness (QED) is 0.483. The van der Waals surface area contributed by atoms with E-state index in [0.29, 0.717) is 0 Å². The first-order valence-corrected chi connectivity index (χ1v) is 5.74. The molecule has 0 aliphatic rings. The van der Waals surface area contributed by atoms with Gasteiger partial charge in [0.15, 0.2) is 0 Å². The number of carbonyl (C=O) groups is 3. The minimum Gasteiger partial charge on any atom is -0.480 e. The summed E-state index contributed by atoms with van der Waals surface area (Å²) in [6.07, 6.45) is -0.562. The van der Waals surface area contributed by atoms with Gasteiger partial charge < -0.3 is 16.2 Å². The van der Waals surface area contributed by atoms with Crippen molar-refractivity contribution in [3.8, 4) is 0 Å². The molecule has 0 radical (unpaired) electrons. The summed E-state index contributed by atoms with van der Waals surface area (Å²) in [5.41, 5.74) is 4.80. The monoisotopic (exact) mass is 287 g/mol. The highest BCUT2D eigenvalue weighted by molar-refractivity contribution is 7.13. The van der Waals surface area contributed by atoms with Gasteiger partial charge in [-0.2, -0.15) is 0 Å². The average Bonchev–Trinajstić information content (AvgIpc) is 2.76. The van der Waals surface area contributed by atoms with Crippen molar-refractivity contribution >= 4 is 34.1 Å². The number of carbonyl (C=O) groups excluding carboxylic acids is 2. The molecule has 2 amide bonds. The summed E-state index contributed by atoms with van der Waals surface area (Å²) in [5, 5.41) is 22.3. The summed E-state index contributed by atoms with van der Waals surface area (Å²) in [7, 11) is 0. The van der Waals surface area contributed by atoms with E-state index in [2.05, 4.69) is 5.32 Å². The van der Waals surface area contributed by atoms with E-state index in [1.807, 2.05) is 0 Å². The molecule has 19 heavy (non-hydrogen) atoms. The zero-order valence-corrected chi connectivity index (χ0v) is 10.2. The lowest BCUT2D eigenvalue weighted by Gasteiger charge is -2.11. The highest BCUT2D eigenvalue weighted by atomic mass is 32.1. The number of amides is 2. The third kappa shape index (κ3) is 4.03. The fourth-order valence-electron chi connectivity index (χ4n) is 1.18. The molecule has 1 aromatic rings. The SMILES string of the molecule is NC(=O)CC(NC(=O)c1csc([N+](=O)[O-])c1)C(=O)O. The van der Waals surface area contributed by atoms with Gasteiger partial charge in [0.25, 0.3) is 5.91 Å². The summed E-state index contributed by atoms with van der Waals surface area (Å²) >= 11 is 0.736. The fourth-order valence-corrected chi connectivity index (χ4v) is 1.89. The van der Waals surface area contributed by atoms with Crippen molar-refractivity contribution in [3.05, 3.63) is 27.1 Å². The Morgan fingerprint density at radius 1 is 1.53 bits per heavy atom. The van der Waals surface area contributed by atoms with Crippen LogP contribution in [0.2, 0.25) is 0 Å². The van der Waals surface area contributed by atoms with Crippen molar-refractivity contribution in [1.82, 2.24) is 5.32 Å². The highest BCUT2D eigenvalue weighted by Crippen LogP contribution is 2.22. The number of rotatable bonds is 6. The Morgan fingerprint density at radius 3 is 2.58 bits per heavy atom. The van der Waals surface area contributed by atoms with Gasteiger partial charge in [0.05, 0.1) is 16.9 Å². The van der Waals surface area contributed by atoms with Gasteiger partial charge in [0.2, 0.25) is 5.91 Å². The summed E-state index contributed by atoms with van der Waals surface area (Å²) < 4.78 is 0. The van der Waals surface area contributed by atoms with Crippen LogP contribution < -0.4 is 11.1 Å². The molecule has 0 bridgehead atoms. The first kappa shape index (κ1) is 14.6. The average molecular weight is 287 g/mol. The van der Waals surface area contributed by atoms with Crippen molar-refractivity contribution < 1.29 is 24.4 Å². The molecular weight excluding hydrogens is 278 g/mol. The second-order valence-electron chi connectivity index (χ2n) is 3.47. The van der Waals surface area contributed by atoms with Gasteiger partial charge in [-0.1, -0.05) is 11.3 Å². The maximum Gasteiger partial charge on any atom is 0.326 e. The molecular formula is C9H9N3O6S. The summed E-state index contributed by atoms with van der Waals surface area (Å²) in [6.45, 7) is 0. The molecule has 0 aromatic carbocycles. The Balaban J connectivity index is 2.78. The molecule has 102 valence electrons. The number of nitrogens with zero attached hydrogens (tertiary/aromatic N) is 1. The van der Waals surface area contributed by atoms with Gasteiger partial charge in [-0.3, -0.25) is 19.7 Å². The Labute approximate surface area is 110 Å². The maximum atomic E-state index is 11.6. The van der Waals surface area contributed by atoms with Crippen molar-refractivity contribution in [2.45, 2.75) is 12.5 Å². The standard InChI is InChI=1S/C9H9N3O6S/c10-6(13)2-5(9(15)16)11-8(14)4-1-7(12(17)18)19-3-4/h1,3,5H,2H2,(H2,10,13)(H,11,14)(H,15,16). The molecule has 9 nitrogen and oxygen atoms in total. The van der Waals surface area contributed by atoms with E-state index in [-0.39, 0.29) is 10.6 Å². The number of nitrogens with one attached hydrogen (secondary N) is 1. The predicted molar refractivity (Wildman–Crippen MR) is 63.7 cm³/mol. The van der Waals surface area contributed by atoms with E-state index in [1.165, 1.54) is 5.38 Å². The number of carboxylic acid groups (broad SMARTS) is 1. The minimum atomic E-state index is -1.47. The Kier molecular flexibility index (Phi) is 4.53. The molecule has 0 saturated carbocycles. The van der Waals surface area contributed by atoms with Crippen molar-refractivity contribution in [3.63, 3.8) is 0 Å². The second-order valence-corrected chi connectivity index (χ2v) is 4.36. The van der Waals surface area contributed by atoms with Crippen molar-refractivity contribution in [1.29, 1.82) is 0 Å². The molecule has 0 fully saturated rings. The smallest absolute Gasteiger partial charge is 0.326 e.